The van der Waals surface area contributed by atoms with Crippen LogP contribution in [-0.2, 0) is 0 Å². The molecule has 0 aliphatic heterocycles. The second-order valence-electron chi connectivity index (χ2n) is 8.31. The molecule has 4 aromatic heterocycles. The molecule has 40 heavy (non-hydrogen) atoms. The summed E-state index contributed by atoms with van der Waals surface area (Å²) < 4.78 is 0. The van der Waals surface area contributed by atoms with Gasteiger partial charge in [0.15, 0.2) is 49.6 Å². The van der Waals surface area contributed by atoms with E-state index in [1.165, 1.54) is 44.5 Å². The number of aromatic amines is 4. The van der Waals surface area contributed by atoms with Crippen molar-refractivity contribution in [1.29, 1.82) is 0 Å². The molecule has 8 heteroatoms. The van der Waals surface area contributed by atoms with E-state index in [1.807, 2.05) is 49.6 Å². The zero-order chi connectivity index (χ0) is 24.4. The molecule has 0 saturated heterocycles. The van der Waals surface area contributed by atoms with E-state index in [0.717, 1.165) is 0 Å². The normalized spacial score (nSPS) is 9.20. The second-order valence-corrected chi connectivity index (χ2v) is 8.31. The molecule has 204 valence electrons. The summed E-state index contributed by atoms with van der Waals surface area (Å²) in [5, 5.41) is 0. The number of rotatable bonds is 4. The van der Waals surface area contributed by atoms with E-state index in [9.17, 15) is 0 Å². The minimum Gasteiger partial charge on any atom is -1.00 e. The first kappa shape index (κ1) is 35.0. The average molecular weight is 788 g/mol. The van der Waals surface area contributed by atoms with Crippen LogP contribution in [0.5, 0.6) is 0 Å². The van der Waals surface area contributed by atoms with E-state index in [-0.39, 0.29) is 67.9 Å². The molecule has 2 aromatic carbocycles. The van der Waals surface area contributed by atoms with Crippen molar-refractivity contribution in [3.63, 3.8) is 0 Å². The SMILES string of the molecule is [Br-].[Br-].[Br-].[Br-].c1cc(-c2ccc(-c3cc[nH+]cc3)cc2)cc[nH+]1.c1cc(-c2ccc(-c3cc[nH+]cc3)cc2)cc[nH+]1. The van der Waals surface area contributed by atoms with Crippen LogP contribution in [0.25, 0.3) is 44.5 Å². The molecule has 0 amide bonds. The largest absolute Gasteiger partial charge is 1.00 e. The molecule has 0 aliphatic carbocycles. The van der Waals surface area contributed by atoms with E-state index in [0.29, 0.717) is 0 Å². The number of aromatic nitrogens is 4. The van der Waals surface area contributed by atoms with Gasteiger partial charge in [0.25, 0.3) is 0 Å². The summed E-state index contributed by atoms with van der Waals surface area (Å²) in [7, 11) is 0. The number of halogens is 4. The van der Waals surface area contributed by atoms with Gasteiger partial charge in [-0.2, -0.15) is 0 Å². The number of benzene rings is 2. The fraction of sp³-hybridized carbons (Fsp3) is 0. The number of hydrogen-bond acceptors (Lipinski definition) is 0. The molecule has 0 atom stereocenters. The highest BCUT2D eigenvalue weighted by molar-refractivity contribution is 5.70. The van der Waals surface area contributed by atoms with Gasteiger partial charge in [-0.05, 0) is 44.5 Å². The number of hydrogen-bond donors (Lipinski definition) is 0. The predicted octanol–water partition coefficient (Wildman–Crippen LogP) is -6.69. The monoisotopic (exact) mass is 784 g/mol. The molecule has 6 aromatic rings. The van der Waals surface area contributed by atoms with Crippen LogP contribution in [0.4, 0.5) is 0 Å². The van der Waals surface area contributed by atoms with Gasteiger partial charge in [-0.15, -0.1) is 0 Å². The summed E-state index contributed by atoms with van der Waals surface area (Å²) in [6.07, 6.45) is 15.5. The molecule has 4 nitrogen and oxygen atoms in total. The van der Waals surface area contributed by atoms with Gasteiger partial charge in [-0.25, -0.2) is 19.9 Å². The van der Waals surface area contributed by atoms with E-state index in [2.05, 4.69) is 117 Å². The molecule has 0 radical (unpaired) electrons. The average Bonchev–Trinajstić information content (AvgIpc) is 2.99. The van der Waals surface area contributed by atoms with Crippen LogP contribution in [0.2, 0.25) is 0 Å². The highest BCUT2D eigenvalue weighted by atomic mass is 79.9. The van der Waals surface area contributed by atoms with Crippen molar-refractivity contribution >= 4 is 0 Å². The van der Waals surface area contributed by atoms with E-state index in [4.69, 9.17) is 0 Å². The molecule has 0 spiro atoms. The molecular weight excluding hydrogens is 760 g/mol. The maximum absolute atomic E-state index is 3.04. The van der Waals surface area contributed by atoms with Crippen molar-refractivity contribution < 1.29 is 87.9 Å². The second kappa shape index (κ2) is 18.3. The lowest BCUT2D eigenvalue weighted by molar-refractivity contribution is -0.378. The summed E-state index contributed by atoms with van der Waals surface area (Å²) in [6.45, 7) is 0. The maximum atomic E-state index is 3.04. The lowest BCUT2D eigenvalue weighted by Gasteiger charge is -2.02. The number of pyridine rings is 4. The molecular formula is C32H28Br4N4. The van der Waals surface area contributed by atoms with Gasteiger partial charge in [-0.1, -0.05) is 48.5 Å². The van der Waals surface area contributed by atoms with Crippen molar-refractivity contribution in [2.45, 2.75) is 0 Å². The smallest absolute Gasteiger partial charge is 0.167 e. The van der Waals surface area contributed by atoms with Gasteiger partial charge < -0.3 is 67.9 Å². The fourth-order valence-electron chi connectivity index (χ4n) is 4.03. The summed E-state index contributed by atoms with van der Waals surface area (Å²) in [6, 6.07) is 33.8. The topological polar surface area (TPSA) is 56.6 Å². The highest BCUT2D eigenvalue weighted by Gasteiger charge is 2.02. The van der Waals surface area contributed by atoms with Crippen LogP contribution < -0.4 is 87.9 Å². The first-order valence-electron chi connectivity index (χ1n) is 11.9. The zero-order valence-electron chi connectivity index (χ0n) is 21.4. The molecule has 0 unspecified atom stereocenters. The van der Waals surface area contributed by atoms with Gasteiger partial charge in [0.05, 0.1) is 0 Å². The Kier molecular flexibility index (Phi) is 16.0. The maximum Gasteiger partial charge on any atom is 0.167 e. The minimum absolute atomic E-state index is 0. The quantitative estimate of drug-likeness (QED) is 0.171. The van der Waals surface area contributed by atoms with Crippen molar-refractivity contribution in [1.82, 2.24) is 0 Å². The highest BCUT2D eigenvalue weighted by Crippen LogP contribution is 2.24. The standard InChI is InChI=1S/2C16H12N2.4BrH/c2*1-2-14(16-7-11-18-12-8-16)4-3-13(1)15-5-9-17-10-6-15;;;;/h2*1-12H;4*1H. The van der Waals surface area contributed by atoms with E-state index in [1.54, 1.807) is 0 Å². The van der Waals surface area contributed by atoms with Crippen molar-refractivity contribution in [2.75, 3.05) is 0 Å². The van der Waals surface area contributed by atoms with Crippen LogP contribution in [0.1, 0.15) is 0 Å². The lowest BCUT2D eigenvalue weighted by Crippen LogP contribution is -3.00. The van der Waals surface area contributed by atoms with E-state index < -0.39 is 0 Å². The Bertz CT molecular complexity index is 1250. The van der Waals surface area contributed by atoms with Gasteiger partial charge in [0, 0.05) is 48.5 Å². The third-order valence-electron chi connectivity index (χ3n) is 5.98. The number of H-pyrrole nitrogens is 4. The Morgan fingerprint density at radius 3 is 0.475 bits per heavy atom. The van der Waals surface area contributed by atoms with Crippen LogP contribution in [0.15, 0.2) is 147 Å². The third kappa shape index (κ3) is 9.55. The minimum atomic E-state index is 0. The summed E-state index contributed by atoms with van der Waals surface area (Å²) in [5.74, 6) is 0. The Hall–Kier alpha value is -3.04. The van der Waals surface area contributed by atoms with Crippen molar-refractivity contribution in [3.05, 3.63) is 147 Å². The Morgan fingerprint density at radius 1 is 0.200 bits per heavy atom. The van der Waals surface area contributed by atoms with Crippen LogP contribution in [0, 0.1) is 0 Å². The molecule has 0 aliphatic rings. The van der Waals surface area contributed by atoms with Crippen molar-refractivity contribution in [2.24, 2.45) is 0 Å². The molecule has 0 saturated carbocycles. The molecule has 6 rings (SSSR count). The molecule has 4 heterocycles. The Balaban J connectivity index is 0.000000364. The van der Waals surface area contributed by atoms with Gasteiger partial charge in [0.1, 0.15) is 0 Å². The number of nitrogens with one attached hydrogen (secondary N) is 4. The Labute approximate surface area is 277 Å². The summed E-state index contributed by atoms with van der Waals surface area (Å²) >= 11 is 0. The van der Waals surface area contributed by atoms with Gasteiger partial charge in [0.2, 0.25) is 0 Å². The predicted molar refractivity (Wildman–Crippen MR) is 141 cm³/mol. The van der Waals surface area contributed by atoms with Crippen LogP contribution in [0.3, 0.4) is 0 Å². The lowest BCUT2D eigenvalue weighted by atomic mass is 10.0. The molecule has 0 bridgehead atoms. The van der Waals surface area contributed by atoms with E-state index >= 15 is 0 Å². The van der Waals surface area contributed by atoms with Crippen molar-refractivity contribution in [3.8, 4) is 44.5 Å². The zero-order valence-corrected chi connectivity index (χ0v) is 27.7. The van der Waals surface area contributed by atoms with Crippen LogP contribution in [-0.4, -0.2) is 0 Å². The summed E-state index contributed by atoms with van der Waals surface area (Å²) in [5.41, 5.74) is 9.82. The third-order valence-corrected chi connectivity index (χ3v) is 5.98. The fourth-order valence-corrected chi connectivity index (χ4v) is 4.03. The first-order valence-corrected chi connectivity index (χ1v) is 11.9. The molecule has 0 fully saturated rings. The van der Waals surface area contributed by atoms with Crippen LogP contribution >= 0.6 is 0 Å². The first-order chi connectivity index (χ1) is 17.9. The van der Waals surface area contributed by atoms with Gasteiger partial charge >= 0.3 is 0 Å². The summed E-state index contributed by atoms with van der Waals surface area (Å²) in [4.78, 5) is 12.1. The molecule has 4 N–H and O–H groups in total. The van der Waals surface area contributed by atoms with Gasteiger partial charge in [-0.3, -0.25) is 0 Å². The Morgan fingerprint density at radius 2 is 0.325 bits per heavy atom.